The molecule has 0 bridgehead atoms. The number of pyridine rings is 1. The Morgan fingerprint density at radius 2 is 1.75 bits per heavy atom. The zero-order valence-electron chi connectivity index (χ0n) is 23.1. The van der Waals surface area contributed by atoms with Crippen LogP contribution >= 0.6 is 0 Å². The molecule has 1 fully saturated rings. The number of likely N-dealkylation sites (tertiary alicyclic amines) is 1. The molecule has 4 aromatic rings. The van der Waals surface area contributed by atoms with Crippen LogP contribution in [-0.4, -0.2) is 59.0 Å². The number of amides is 1. The molecule has 3 heterocycles. The van der Waals surface area contributed by atoms with Gasteiger partial charge in [0.15, 0.2) is 11.7 Å². The summed E-state index contributed by atoms with van der Waals surface area (Å²) >= 11 is 0. The van der Waals surface area contributed by atoms with E-state index in [1.54, 1.807) is 35.8 Å². The van der Waals surface area contributed by atoms with E-state index in [0.717, 1.165) is 22.9 Å². The van der Waals surface area contributed by atoms with Crippen molar-refractivity contribution in [3.05, 3.63) is 93.7 Å². The van der Waals surface area contributed by atoms with Gasteiger partial charge in [0.1, 0.15) is 17.3 Å². The van der Waals surface area contributed by atoms with Crippen LogP contribution in [0.4, 0.5) is 8.78 Å². The minimum atomic E-state index is -0.760. The van der Waals surface area contributed by atoms with Gasteiger partial charge in [-0.1, -0.05) is 18.2 Å². The average molecular weight is 547 g/mol. The molecule has 0 atom stereocenters. The third kappa shape index (κ3) is 5.47. The van der Waals surface area contributed by atoms with E-state index in [-0.39, 0.29) is 28.7 Å². The number of oxazole rings is 1. The van der Waals surface area contributed by atoms with E-state index < -0.39 is 11.6 Å². The first-order chi connectivity index (χ1) is 19.1. The van der Waals surface area contributed by atoms with Crippen LogP contribution in [0.2, 0.25) is 0 Å². The molecular weight excluding hydrogens is 514 g/mol. The normalized spacial score (nSPS) is 14.4. The Balaban J connectivity index is 1.55. The molecule has 0 unspecified atom stereocenters. The highest BCUT2D eigenvalue weighted by Crippen LogP contribution is 2.38. The zero-order valence-corrected chi connectivity index (χ0v) is 23.1. The van der Waals surface area contributed by atoms with Crippen LogP contribution in [0, 0.1) is 25.5 Å². The standard InChI is InChI=1S/C31H32F2N4O3/c1-19-6-5-7-20(2)29(19)37-17-22(8-11-26(37)38)28-30(24-10-9-23(32)16-25(24)33)40-31(34-28)21-12-14-36(15-13-21)18-27(39)35(3)4/h5-11,16-17,21H,12-15,18H2,1-4H3. The van der Waals surface area contributed by atoms with Gasteiger partial charge in [-0.15, -0.1) is 0 Å². The summed E-state index contributed by atoms with van der Waals surface area (Å²) in [5, 5.41) is 0. The lowest BCUT2D eigenvalue weighted by Crippen LogP contribution is -2.40. The number of rotatable bonds is 6. The second-order valence-corrected chi connectivity index (χ2v) is 10.6. The highest BCUT2D eigenvalue weighted by atomic mass is 19.1. The molecule has 208 valence electrons. The molecule has 2 aromatic heterocycles. The number of carbonyl (C=O) groups is 1. The molecule has 1 aliphatic heterocycles. The molecular formula is C31H32F2N4O3. The number of piperidine rings is 1. The van der Waals surface area contributed by atoms with Gasteiger partial charge in [0.2, 0.25) is 5.91 Å². The third-order valence-corrected chi connectivity index (χ3v) is 7.48. The Labute approximate surface area is 231 Å². The maximum absolute atomic E-state index is 15.0. The Bertz CT molecular complexity index is 1600. The van der Waals surface area contributed by atoms with E-state index >= 15 is 4.39 Å². The van der Waals surface area contributed by atoms with Crippen LogP contribution in [0.5, 0.6) is 0 Å². The second kappa shape index (κ2) is 11.2. The summed E-state index contributed by atoms with van der Waals surface area (Å²) in [5.74, 6) is -0.799. The summed E-state index contributed by atoms with van der Waals surface area (Å²) in [5.41, 5.74) is 3.48. The molecule has 0 radical (unpaired) electrons. The lowest BCUT2D eigenvalue weighted by atomic mass is 9.97. The average Bonchev–Trinajstić information content (AvgIpc) is 3.35. The van der Waals surface area contributed by atoms with Crippen molar-refractivity contribution in [3.8, 4) is 28.3 Å². The van der Waals surface area contributed by atoms with Gasteiger partial charge in [-0.05, 0) is 69.1 Å². The fourth-order valence-electron chi connectivity index (χ4n) is 5.22. The van der Waals surface area contributed by atoms with Crippen molar-refractivity contribution in [2.75, 3.05) is 33.7 Å². The van der Waals surface area contributed by atoms with E-state index in [1.165, 1.54) is 18.2 Å². The number of benzene rings is 2. The van der Waals surface area contributed by atoms with Crippen LogP contribution in [0.3, 0.4) is 0 Å². The molecule has 0 spiro atoms. The summed E-state index contributed by atoms with van der Waals surface area (Å²) in [6.45, 7) is 5.61. The Kier molecular flexibility index (Phi) is 7.67. The predicted molar refractivity (Wildman–Crippen MR) is 149 cm³/mol. The van der Waals surface area contributed by atoms with Gasteiger partial charge in [-0.2, -0.15) is 0 Å². The van der Waals surface area contributed by atoms with Crippen LogP contribution in [0.1, 0.15) is 35.8 Å². The Morgan fingerprint density at radius 1 is 1.05 bits per heavy atom. The lowest BCUT2D eigenvalue weighted by molar-refractivity contribution is -0.130. The van der Waals surface area contributed by atoms with Gasteiger partial charge in [0.25, 0.3) is 5.56 Å². The van der Waals surface area contributed by atoms with E-state index in [9.17, 15) is 14.0 Å². The summed E-state index contributed by atoms with van der Waals surface area (Å²) in [6.07, 6.45) is 3.13. The molecule has 1 aliphatic rings. The molecule has 5 rings (SSSR count). The molecule has 1 saturated heterocycles. The fourth-order valence-corrected chi connectivity index (χ4v) is 5.22. The molecule has 0 N–H and O–H groups in total. The zero-order chi connectivity index (χ0) is 28.6. The van der Waals surface area contributed by atoms with Crippen molar-refractivity contribution in [2.45, 2.75) is 32.6 Å². The first-order valence-corrected chi connectivity index (χ1v) is 13.3. The second-order valence-electron chi connectivity index (χ2n) is 10.6. The molecule has 2 aromatic carbocycles. The van der Waals surface area contributed by atoms with Crippen LogP contribution in [-0.2, 0) is 4.79 Å². The SMILES string of the molecule is Cc1cccc(C)c1-n1cc(-c2nc(C3CCN(CC(=O)N(C)C)CC3)oc2-c2ccc(F)cc2F)ccc1=O. The highest BCUT2D eigenvalue weighted by Gasteiger charge is 2.29. The van der Waals surface area contributed by atoms with E-state index in [1.807, 2.05) is 32.0 Å². The lowest BCUT2D eigenvalue weighted by Gasteiger charge is -2.30. The van der Waals surface area contributed by atoms with Crippen molar-refractivity contribution in [3.63, 3.8) is 0 Å². The van der Waals surface area contributed by atoms with Gasteiger partial charge >= 0.3 is 0 Å². The van der Waals surface area contributed by atoms with Crippen molar-refractivity contribution in [2.24, 2.45) is 0 Å². The Hall–Kier alpha value is -4.11. The minimum Gasteiger partial charge on any atom is -0.440 e. The molecule has 9 heteroatoms. The highest BCUT2D eigenvalue weighted by molar-refractivity contribution is 5.78. The van der Waals surface area contributed by atoms with Crippen molar-refractivity contribution < 1.29 is 18.0 Å². The smallest absolute Gasteiger partial charge is 0.255 e. The quantitative estimate of drug-likeness (QED) is 0.327. The number of likely N-dealkylation sites (N-methyl/N-ethyl adjacent to an activating group) is 1. The summed E-state index contributed by atoms with van der Waals surface area (Å²) in [6, 6.07) is 12.3. The maximum Gasteiger partial charge on any atom is 0.255 e. The number of nitrogens with zero attached hydrogens (tertiary/aromatic N) is 4. The van der Waals surface area contributed by atoms with Gasteiger partial charge < -0.3 is 9.32 Å². The van der Waals surface area contributed by atoms with Crippen LogP contribution < -0.4 is 5.56 Å². The van der Waals surface area contributed by atoms with Gasteiger partial charge in [-0.25, -0.2) is 13.8 Å². The minimum absolute atomic E-state index is 0.0359. The number of hydrogen-bond acceptors (Lipinski definition) is 5. The summed E-state index contributed by atoms with van der Waals surface area (Å²) < 4.78 is 36.6. The van der Waals surface area contributed by atoms with Gasteiger partial charge in [0.05, 0.1) is 17.8 Å². The molecule has 40 heavy (non-hydrogen) atoms. The number of hydrogen-bond donors (Lipinski definition) is 0. The van der Waals surface area contributed by atoms with Crippen LogP contribution in [0.15, 0.2) is 63.9 Å². The van der Waals surface area contributed by atoms with Crippen molar-refractivity contribution in [1.82, 2.24) is 19.4 Å². The van der Waals surface area contributed by atoms with Crippen molar-refractivity contribution in [1.29, 1.82) is 0 Å². The van der Waals surface area contributed by atoms with Gasteiger partial charge in [-0.3, -0.25) is 19.1 Å². The third-order valence-electron chi connectivity index (χ3n) is 7.48. The van der Waals surface area contributed by atoms with Gasteiger partial charge in [0, 0.05) is 43.9 Å². The van der Waals surface area contributed by atoms with E-state index in [2.05, 4.69) is 4.90 Å². The largest absolute Gasteiger partial charge is 0.440 e. The van der Waals surface area contributed by atoms with Crippen LogP contribution in [0.25, 0.3) is 28.3 Å². The molecule has 7 nitrogen and oxygen atoms in total. The molecule has 1 amide bonds. The fraction of sp³-hybridized carbons (Fsp3) is 0.323. The number of aromatic nitrogens is 2. The maximum atomic E-state index is 15.0. The monoisotopic (exact) mass is 546 g/mol. The number of aryl methyl sites for hydroxylation is 2. The summed E-state index contributed by atoms with van der Waals surface area (Å²) in [4.78, 5) is 33.6. The predicted octanol–water partition coefficient (Wildman–Crippen LogP) is 5.32. The van der Waals surface area contributed by atoms with E-state index in [4.69, 9.17) is 9.40 Å². The summed E-state index contributed by atoms with van der Waals surface area (Å²) in [7, 11) is 3.48. The number of halogens is 2. The topological polar surface area (TPSA) is 71.6 Å². The number of para-hydroxylation sites is 1. The molecule has 0 aliphatic carbocycles. The van der Waals surface area contributed by atoms with Crippen molar-refractivity contribution >= 4 is 5.91 Å². The Morgan fingerprint density at radius 3 is 2.40 bits per heavy atom. The number of carbonyl (C=O) groups excluding carboxylic acids is 1. The van der Waals surface area contributed by atoms with E-state index in [0.29, 0.717) is 49.6 Å². The first-order valence-electron chi connectivity index (χ1n) is 13.3. The first kappa shape index (κ1) is 27.5. The molecule has 0 saturated carbocycles.